The summed E-state index contributed by atoms with van der Waals surface area (Å²) >= 11 is 0. The molecule has 1 aromatic rings. The molecular weight excluding hydrogens is 360 g/mol. The molecule has 0 spiro atoms. The molecule has 0 aromatic carbocycles. The molecule has 1 aromatic heterocycles. The molecule has 4 aliphatic carbocycles. The largest absolute Gasteiger partial charge is 0.497 e. The van der Waals surface area contributed by atoms with Gasteiger partial charge in [-0.25, -0.2) is 0 Å². The Morgan fingerprint density at radius 3 is 2.76 bits per heavy atom. The maximum atomic E-state index is 13.4. The quantitative estimate of drug-likeness (QED) is 0.568. The number of furan rings is 1. The van der Waals surface area contributed by atoms with Crippen LogP contribution in [0.1, 0.15) is 58.4 Å². The number of allylic oxidation sites excluding steroid dienone is 5. The zero-order valence-electron chi connectivity index (χ0n) is 17.8. The first-order valence-corrected chi connectivity index (χ1v) is 11.1. The molecule has 29 heavy (non-hydrogen) atoms. The van der Waals surface area contributed by atoms with Crippen molar-refractivity contribution in [3.8, 4) is 0 Å². The summed E-state index contributed by atoms with van der Waals surface area (Å²) in [5.41, 5.74) is 2.31. The maximum absolute atomic E-state index is 13.4. The van der Waals surface area contributed by atoms with Crippen LogP contribution in [0.15, 0.2) is 58.6 Å². The monoisotopic (exact) mass is 390 g/mol. The highest BCUT2D eigenvalue weighted by Gasteiger charge is 2.69. The molecule has 0 unspecified atom stereocenters. The minimum Gasteiger partial charge on any atom is -0.497 e. The number of hydrogen-bond acceptors (Lipinski definition) is 3. The minimum atomic E-state index is -0.394. The Hall–Kier alpha value is -2.03. The van der Waals surface area contributed by atoms with Gasteiger partial charge < -0.3 is 9.15 Å². The van der Waals surface area contributed by atoms with Crippen molar-refractivity contribution in [2.45, 2.75) is 52.9 Å². The normalized spacial score (nSPS) is 49.7. The molecule has 0 bridgehead atoms. The number of fused-ring (bicyclic) bond motifs is 4. The molecule has 2 heterocycles. The van der Waals surface area contributed by atoms with E-state index in [4.69, 9.17) is 9.15 Å². The molecule has 7 atom stereocenters. The van der Waals surface area contributed by atoms with Crippen LogP contribution >= 0.6 is 0 Å². The van der Waals surface area contributed by atoms with E-state index >= 15 is 0 Å². The molecule has 2 fully saturated rings. The summed E-state index contributed by atoms with van der Waals surface area (Å²) in [4.78, 5) is 13.4. The summed E-state index contributed by atoms with van der Waals surface area (Å²) in [6.45, 7) is 9.98. The Morgan fingerprint density at radius 2 is 2.00 bits per heavy atom. The van der Waals surface area contributed by atoms with Crippen molar-refractivity contribution in [1.29, 1.82) is 0 Å². The highest BCUT2D eigenvalue weighted by Crippen LogP contribution is 2.72. The fraction of sp³-hybridized carbons (Fsp3) is 0.577. The second-order valence-corrected chi connectivity index (χ2v) is 11.0. The molecular formula is C26H30O3. The summed E-state index contributed by atoms with van der Waals surface area (Å²) < 4.78 is 11.7. The Morgan fingerprint density at radius 1 is 1.17 bits per heavy atom. The number of carbonyl (C=O) groups is 1. The predicted molar refractivity (Wildman–Crippen MR) is 111 cm³/mol. The Labute approximate surface area is 172 Å². The average molecular weight is 391 g/mol. The van der Waals surface area contributed by atoms with E-state index in [1.807, 2.05) is 12.3 Å². The molecule has 152 valence electrons. The smallest absolute Gasteiger partial charge is 0.162 e. The SMILES string of the molecule is C[C@@]12C(=O)C=C[C@@]3(C)COC(=C[C@@]4(C)C5=CC[C@@H](c6ccoc6)[C@]5(C)CC[C@H]14)[C@H]23. The second-order valence-electron chi connectivity index (χ2n) is 11.0. The molecule has 6 rings (SSSR count). The van der Waals surface area contributed by atoms with Gasteiger partial charge in [-0.05, 0) is 60.3 Å². The van der Waals surface area contributed by atoms with Crippen LogP contribution in [0.2, 0.25) is 0 Å². The molecule has 1 saturated carbocycles. The van der Waals surface area contributed by atoms with Crippen molar-refractivity contribution < 1.29 is 13.9 Å². The Balaban J connectivity index is 1.52. The molecule has 5 aliphatic rings. The molecule has 0 N–H and O–H groups in total. The highest BCUT2D eigenvalue weighted by atomic mass is 16.5. The van der Waals surface area contributed by atoms with Gasteiger partial charge in [0.1, 0.15) is 0 Å². The lowest BCUT2D eigenvalue weighted by Gasteiger charge is -2.61. The summed E-state index contributed by atoms with van der Waals surface area (Å²) in [6, 6.07) is 2.12. The topological polar surface area (TPSA) is 39.4 Å². The molecule has 3 nitrogen and oxygen atoms in total. The maximum Gasteiger partial charge on any atom is 0.162 e. The standard InChI is InChI=1S/C26H30O3/c1-23-10-8-21(27)26(4)20-7-11-24(2)17(16-9-12-28-14-16)5-6-19(24)25(20,3)13-18(22(23)26)29-15-23/h6,8-10,12-14,17,20,22H,5,7,11,15H2,1-4H3/t17-,20-,22-,23-,24-,25-,26-/m0/s1. The van der Waals surface area contributed by atoms with Gasteiger partial charge in [-0.2, -0.15) is 0 Å². The lowest BCUT2D eigenvalue weighted by atomic mass is 9.41. The van der Waals surface area contributed by atoms with Crippen molar-refractivity contribution in [2.24, 2.45) is 33.5 Å². The predicted octanol–water partition coefficient (Wildman–Crippen LogP) is 5.81. The molecule has 1 aliphatic heterocycles. The third-order valence-electron chi connectivity index (χ3n) is 9.55. The van der Waals surface area contributed by atoms with Crippen LogP contribution in [0.3, 0.4) is 0 Å². The zero-order valence-corrected chi connectivity index (χ0v) is 17.8. The number of carbonyl (C=O) groups excluding carboxylic acids is 1. The van der Waals surface area contributed by atoms with Crippen molar-refractivity contribution >= 4 is 5.78 Å². The Bertz CT molecular complexity index is 997. The van der Waals surface area contributed by atoms with E-state index < -0.39 is 5.41 Å². The first-order chi connectivity index (χ1) is 13.7. The summed E-state index contributed by atoms with van der Waals surface area (Å²) in [5, 5.41) is 0. The van der Waals surface area contributed by atoms with E-state index in [9.17, 15) is 4.79 Å². The second kappa shape index (κ2) is 5.17. The van der Waals surface area contributed by atoms with Gasteiger partial charge in [0.2, 0.25) is 0 Å². The van der Waals surface area contributed by atoms with Crippen LogP contribution < -0.4 is 0 Å². The van der Waals surface area contributed by atoms with Crippen LogP contribution in [-0.4, -0.2) is 12.4 Å². The first-order valence-electron chi connectivity index (χ1n) is 11.1. The van der Waals surface area contributed by atoms with Crippen molar-refractivity contribution in [3.05, 3.63) is 59.8 Å². The van der Waals surface area contributed by atoms with Gasteiger partial charge in [-0.15, -0.1) is 0 Å². The van der Waals surface area contributed by atoms with Gasteiger partial charge in [-0.3, -0.25) is 4.79 Å². The Kier molecular flexibility index (Phi) is 3.17. The fourth-order valence-electron chi connectivity index (χ4n) is 8.31. The van der Waals surface area contributed by atoms with Crippen LogP contribution in [0, 0.1) is 33.5 Å². The van der Waals surface area contributed by atoms with Gasteiger partial charge in [0.05, 0.1) is 24.9 Å². The third kappa shape index (κ3) is 1.89. The van der Waals surface area contributed by atoms with Gasteiger partial charge in [-0.1, -0.05) is 45.4 Å². The van der Waals surface area contributed by atoms with Crippen LogP contribution in [0.4, 0.5) is 0 Å². The van der Waals surface area contributed by atoms with E-state index in [1.54, 1.807) is 6.26 Å². The van der Waals surface area contributed by atoms with E-state index in [0.717, 1.165) is 25.0 Å². The van der Waals surface area contributed by atoms with Crippen LogP contribution in [-0.2, 0) is 9.53 Å². The van der Waals surface area contributed by atoms with Crippen LogP contribution in [0.25, 0.3) is 0 Å². The number of rotatable bonds is 1. The minimum absolute atomic E-state index is 0.0695. The summed E-state index contributed by atoms with van der Waals surface area (Å²) in [6.07, 6.45) is 15.8. The van der Waals surface area contributed by atoms with Gasteiger partial charge in [0.15, 0.2) is 5.78 Å². The van der Waals surface area contributed by atoms with Gasteiger partial charge >= 0.3 is 0 Å². The number of ketones is 1. The fourth-order valence-corrected chi connectivity index (χ4v) is 8.31. The van der Waals surface area contributed by atoms with E-state index in [1.165, 1.54) is 11.1 Å². The van der Waals surface area contributed by atoms with Crippen molar-refractivity contribution in [2.75, 3.05) is 6.61 Å². The lowest BCUT2D eigenvalue weighted by molar-refractivity contribution is -0.139. The molecule has 0 radical (unpaired) electrons. The van der Waals surface area contributed by atoms with Gasteiger partial charge in [0, 0.05) is 22.2 Å². The summed E-state index contributed by atoms with van der Waals surface area (Å²) in [5.74, 6) is 2.28. The number of ether oxygens (including phenoxy) is 1. The lowest BCUT2D eigenvalue weighted by Crippen LogP contribution is -2.59. The van der Waals surface area contributed by atoms with Crippen molar-refractivity contribution in [3.63, 3.8) is 0 Å². The zero-order chi connectivity index (χ0) is 20.2. The van der Waals surface area contributed by atoms with E-state index in [2.05, 4.69) is 52.0 Å². The highest BCUT2D eigenvalue weighted by molar-refractivity contribution is 5.97. The van der Waals surface area contributed by atoms with E-state index in [0.29, 0.717) is 24.2 Å². The van der Waals surface area contributed by atoms with Crippen LogP contribution in [0.5, 0.6) is 0 Å². The third-order valence-corrected chi connectivity index (χ3v) is 9.55. The number of hydrogen-bond donors (Lipinski definition) is 0. The summed E-state index contributed by atoms with van der Waals surface area (Å²) in [7, 11) is 0. The molecule has 1 saturated heterocycles. The van der Waals surface area contributed by atoms with Crippen molar-refractivity contribution in [1.82, 2.24) is 0 Å². The van der Waals surface area contributed by atoms with Gasteiger partial charge in [0.25, 0.3) is 0 Å². The average Bonchev–Trinajstić information content (AvgIpc) is 3.37. The molecule has 3 heteroatoms. The van der Waals surface area contributed by atoms with E-state index in [-0.39, 0.29) is 22.2 Å². The first kappa shape index (κ1) is 17.8. The molecule has 0 amide bonds.